The molecule has 1 N–H and O–H groups in total. The molecular weight excluding hydrogens is 283 g/mol. The minimum Gasteiger partial charge on any atom is -0.465 e. The second-order valence-electron chi connectivity index (χ2n) is 4.23. The largest absolute Gasteiger partial charge is 0.465 e. The van der Waals surface area contributed by atoms with Crippen LogP contribution in [0.15, 0.2) is 36.4 Å². The molecular formula is C15H12F3NO2. The lowest BCUT2D eigenvalue weighted by molar-refractivity contribution is 0.0599. The van der Waals surface area contributed by atoms with Crippen molar-refractivity contribution in [2.24, 2.45) is 0 Å². The summed E-state index contributed by atoms with van der Waals surface area (Å²) in [7, 11) is 1.25. The number of carbonyl (C=O) groups is 1. The average molecular weight is 295 g/mol. The zero-order valence-electron chi connectivity index (χ0n) is 11.1. The van der Waals surface area contributed by atoms with Crippen molar-refractivity contribution in [2.75, 3.05) is 12.4 Å². The Balaban J connectivity index is 2.21. The molecule has 0 heterocycles. The third-order valence-corrected chi connectivity index (χ3v) is 2.93. The minimum atomic E-state index is -1.54. The topological polar surface area (TPSA) is 38.3 Å². The Labute approximate surface area is 119 Å². The molecule has 2 aromatic carbocycles. The molecule has 21 heavy (non-hydrogen) atoms. The van der Waals surface area contributed by atoms with E-state index in [-0.39, 0.29) is 12.2 Å². The molecule has 0 unspecified atom stereocenters. The maximum absolute atomic E-state index is 13.5. The van der Waals surface area contributed by atoms with E-state index < -0.39 is 23.4 Å². The summed E-state index contributed by atoms with van der Waals surface area (Å²) in [4.78, 5) is 11.6. The van der Waals surface area contributed by atoms with Crippen LogP contribution in [-0.2, 0) is 11.3 Å². The molecule has 2 rings (SSSR count). The van der Waals surface area contributed by atoms with Crippen molar-refractivity contribution in [3.8, 4) is 0 Å². The molecule has 6 heteroatoms. The maximum atomic E-state index is 13.5. The first-order valence-corrected chi connectivity index (χ1v) is 6.08. The van der Waals surface area contributed by atoms with Crippen LogP contribution in [0, 0.1) is 17.5 Å². The zero-order valence-corrected chi connectivity index (χ0v) is 11.1. The van der Waals surface area contributed by atoms with Gasteiger partial charge >= 0.3 is 5.97 Å². The standard InChI is InChI=1S/C15H12F3NO2/c1-21-15(20)10-5-3-2-4-9(10)8-19-12-7-6-11(16)13(17)14(12)18/h2-7,19H,8H2,1H3. The van der Waals surface area contributed by atoms with Gasteiger partial charge in [-0.2, -0.15) is 0 Å². The first-order chi connectivity index (χ1) is 10.0. The van der Waals surface area contributed by atoms with Gasteiger partial charge < -0.3 is 10.1 Å². The summed E-state index contributed by atoms with van der Waals surface area (Å²) in [6.07, 6.45) is 0. The minimum absolute atomic E-state index is 0.0628. The lowest BCUT2D eigenvalue weighted by Gasteiger charge is -2.11. The highest BCUT2D eigenvalue weighted by Crippen LogP contribution is 2.21. The van der Waals surface area contributed by atoms with E-state index in [1.165, 1.54) is 7.11 Å². The van der Waals surface area contributed by atoms with Crippen molar-refractivity contribution >= 4 is 11.7 Å². The quantitative estimate of drug-likeness (QED) is 0.693. The maximum Gasteiger partial charge on any atom is 0.338 e. The Morgan fingerprint density at radius 3 is 2.52 bits per heavy atom. The molecule has 0 aromatic heterocycles. The van der Waals surface area contributed by atoms with E-state index in [1.54, 1.807) is 24.3 Å². The summed E-state index contributed by atoms with van der Waals surface area (Å²) >= 11 is 0. The first kappa shape index (κ1) is 14.9. The van der Waals surface area contributed by atoms with Crippen molar-refractivity contribution in [1.29, 1.82) is 0 Å². The van der Waals surface area contributed by atoms with Crippen LogP contribution in [0.1, 0.15) is 15.9 Å². The lowest BCUT2D eigenvalue weighted by atomic mass is 10.1. The number of ether oxygens (including phenoxy) is 1. The molecule has 0 aliphatic carbocycles. The highest BCUT2D eigenvalue weighted by Gasteiger charge is 2.15. The van der Waals surface area contributed by atoms with Gasteiger partial charge in [0.15, 0.2) is 17.5 Å². The van der Waals surface area contributed by atoms with E-state index in [0.29, 0.717) is 11.1 Å². The highest BCUT2D eigenvalue weighted by atomic mass is 19.2. The van der Waals surface area contributed by atoms with Gasteiger partial charge in [0.05, 0.1) is 18.4 Å². The van der Waals surface area contributed by atoms with Crippen LogP contribution >= 0.6 is 0 Å². The van der Waals surface area contributed by atoms with Crippen molar-refractivity contribution in [2.45, 2.75) is 6.54 Å². The molecule has 110 valence electrons. The number of methoxy groups -OCH3 is 1. The van der Waals surface area contributed by atoms with Gasteiger partial charge in [-0.25, -0.2) is 18.0 Å². The molecule has 0 fully saturated rings. The third-order valence-electron chi connectivity index (χ3n) is 2.93. The summed E-state index contributed by atoms with van der Waals surface area (Å²) in [6, 6.07) is 8.49. The summed E-state index contributed by atoms with van der Waals surface area (Å²) in [5.74, 6) is -4.63. The van der Waals surface area contributed by atoms with Crippen molar-refractivity contribution < 1.29 is 22.7 Å². The molecule has 0 bridgehead atoms. The third kappa shape index (κ3) is 3.16. The fourth-order valence-corrected chi connectivity index (χ4v) is 1.84. The van der Waals surface area contributed by atoms with Crippen LogP contribution in [0.4, 0.5) is 18.9 Å². The Morgan fingerprint density at radius 1 is 1.10 bits per heavy atom. The normalized spacial score (nSPS) is 10.3. The van der Waals surface area contributed by atoms with Gasteiger partial charge in [-0.15, -0.1) is 0 Å². The SMILES string of the molecule is COC(=O)c1ccccc1CNc1ccc(F)c(F)c1F. The number of carbonyl (C=O) groups excluding carboxylic acids is 1. The second-order valence-corrected chi connectivity index (χ2v) is 4.23. The van der Waals surface area contributed by atoms with E-state index in [1.807, 2.05) is 0 Å². The van der Waals surface area contributed by atoms with Crippen LogP contribution in [0.5, 0.6) is 0 Å². The molecule has 0 saturated carbocycles. The second kappa shape index (κ2) is 6.30. The number of benzene rings is 2. The number of hydrogen-bond donors (Lipinski definition) is 1. The van der Waals surface area contributed by atoms with Gasteiger partial charge in [-0.1, -0.05) is 18.2 Å². The smallest absolute Gasteiger partial charge is 0.338 e. The Hall–Kier alpha value is -2.50. The Kier molecular flexibility index (Phi) is 4.47. The number of nitrogens with one attached hydrogen (secondary N) is 1. The molecule has 0 saturated heterocycles. The highest BCUT2D eigenvalue weighted by molar-refractivity contribution is 5.91. The van der Waals surface area contributed by atoms with E-state index in [2.05, 4.69) is 10.1 Å². The predicted molar refractivity (Wildman–Crippen MR) is 71.4 cm³/mol. The van der Waals surface area contributed by atoms with Crippen molar-refractivity contribution in [1.82, 2.24) is 0 Å². The first-order valence-electron chi connectivity index (χ1n) is 6.08. The Morgan fingerprint density at radius 2 is 1.81 bits per heavy atom. The van der Waals surface area contributed by atoms with Gasteiger partial charge in [-0.3, -0.25) is 0 Å². The molecule has 0 amide bonds. The van der Waals surface area contributed by atoms with Crippen molar-refractivity contribution in [3.05, 3.63) is 65.0 Å². The number of hydrogen-bond acceptors (Lipinski definition) is 3. The molecule has 0 aliphatic heterocycles. The lowest BCUT2D eigenvalue weighted by Crippen LogP contribution is -2.10. The van der Waals surface area contributed by atoms with Gasteiger partial charge in [0.1, 0.15) is 0 Å². The van der Waals surface area contributed by atoms with Crippen LogP contribution in [-0.4, -0.2) is 13.1 Å². The summed E-state index contributed by atoms with van der Waals surface area (Å²) in [5.41, 5.74) is 0.678. The van der Waals surface area contributed by atoms with Crippen LogP contribution < -0.4 is 5.32 Å². The summed E-state index contributed by atoms with van der Waals surface area (Å²) in [5, 5.41) is 2.63. The monoisotopic (exact) mass is 295 g/mol. The molecule has 0 aliphatic rings. The number of esters is 1. The Bertz CT molecular complexity index is 674. The number of halogens is 3. The summed E-state index contributed by atoms with van der Waals surface area (Å²) < 4.78 is 44.1. The molecule has 0 spiro atoms. The van der Waals surface area contributed by atoms with Crippen molar-refractivity contribution in [3.63, 3.8) is 0 Å². The predicted octanol–water partition coefficient (Wildman–Crippen LogP) is 3.50. The van der Waals surface area contributed by atoms with Gasteiger partial charge in [0.25, 0.3) is 0 Å². The van der Waals surface area contributed by atoms with E-state index in [4.69, 9.17) is 0 Å². The fraction of sp³-hybridized carbons (Fsp3) is 0.133. The van der Waals surface area contributed by atoms with Gasteiger partial charge in [0, 0.05) is 6.54 Å². The molecule has 0 atom stereocenters. The van der Waals surface area contributed by atoms with Crippen LogP contribution in [0.25, 0.3) is 0 Å². The van der Waals surface area contributed by atoms with Crippen LogP contribution in [0.2, 0.25) is 0 Å². The van der Waals surface area contributed by atoms with Gasteiger partial charge in [0.2, 0.25) is 0 Å². The molecule has 2 aromatic rings. The number of anilines is 1. The van der Waals surface area contributed by atoms with E-state index >= 15 is 0 Å². The molecule has 0 radical (unpaired) electrons. The number of rotatable bonds is 4. The van der Waals surface area contributed by atoms with Gasteiger partial charge in [-0.05, 0) is 23.8 Å². The van der Waals surface area contributed by atoms with Crippen LogP contribution in [0.3, 0.4) is 0 Å². The average Bonchev–Trinajstić information content (AvgIpc) is 2.51. The zero-order chi connectivity index (χ0) is 15.4. The molecule has 3 nitrogen and oxygen atoms in total. The van der Waals surface area contributed by atoms with E-state index in [9.17, 15) is 18.0 Å². The fourth-order valence-electron chi connectivity index (χ4n) is 1.84. The summed E-state index contributed by atoms with van der Waals surface area (Å²) in [6.45, 7) is 0.0628. The van der Waals surface area contributed by atoms with E-state index in [0.717, 1.165) is 12.1 Å².